The third kappa shape index (κ3) is 4.07. The maximum absolute atomic E-state index is 13.1. The van der Waals surface area contributed by atoms with Gasteiger partial charge in [0.1, 0.15) is 11.5 Å². The predicted octanol–water partition coefficient (Wildman–Crippen LogP) is 2.78. The number of carbonyl (C=O) groups excluding carboxylic acids is 1. The molecule has 2 saturated heterocycles. The molecule has 1 aromatic carbocycles. The molecule has 31 heavy (non-hydrogen) atoms. The minimum absolute atomic E-state index is 0.241. The number of rotatable bonds is 4. The van der Waals surface area contributed by atoms with Crippen LogP contribution in [0.5, 0.6) is 0 Å². The van der Waals surface area contributed by atoms with Crippen LogP contribution in [-0.4, -0.2) is 58.1 Å². The lowest BCUT2D eigenvalue weighted by molar-refractivity contribution is 0.102. The predicted molar refractivity (Wildman–Crippen MR) is 122 cm³/mol. The summed E-state index contributed by atoms with van der Waals surface area (Å²) < 4.78 is 1.80. The van der Waals surface area contributed by atoms with Crippen molar-refractivity contribution >= 4 is 34.0 Å². The quantitative estimate of drug-likeness (QED) is 0.675. The number of benzene rings is 1. The molecule has 5 rings (SSSR count). The second-order valence-electron chi connectivity index (χ2n) is 8.50. The summed E-state index contributed by atoms with van der Waals surface area (Å²) in [4.78, 5) is 22.1. The molecule has 2 fully saturated rings. The molecule has 3 aromatic rings. The summed E-state index contributed by atoms with van der Waals surface area (Å²) >= 11 is 0. The molecule has 8 heteroatoms. The highest BCUT2D eigenvalue weighted by atomic mass is 16.3. The molecule has 2 aliphatic heterocycles. The topological polar surface area (TPSA) is 86.5 Å². The summed E-state index contributed by atoms with van der Waals surface area (Å²) in [5.74, 6) is 0.482. The summed E-state index contributed by atoms with van der Waals surface area (Å²) in [6.45, 7) is 3.27. The fourth-order valence-corrected chi connectivity index (χ4v) is 4.54. The maximum atomic E-state index is 13.1. The minimum Gasteiger partial charge on any atom is -0.391 e. The first-order chi connectivity index (χ1) is 15.1. The zero-order valence-corrected chi connectivity index (χ0v) is 17.8. The highest BCUT2D eigenvalue weighted by molar-refractivity contribution is 6.06. The monoisotopic (exact) mass is 420 g/mol. The van der Waals surface area contributed by atoms with E-state index in [-0.39, 0.29) is 12.0 Å². The number of hydrogen-bond acceptors (Lipinski definition) is 6. The van der Waals surface area contributed by atoms with Gasteiger partial charge in [-0.1, -0.05) is 6.07 Å². The van der Waals surface area contributed by atoms with Gasteiger partial charge < -0.3 is 20.2 Å². The molecule has 0 saturated carbocycles. The van der Waals surface area contributed by atoms with E-state index in [4.69, 9.17) is 0 Å². The lowest BCUT2D eigenvalue weighted by Crippen LogP contribution is -2.30. The zero-order valence-electron chi connectivity index (χ0n) is 17.8. The van der Waals surface area contributed by atoms with Crippen LogP contribution >= 0.6 is 0 Å². The number of nitrogens with one attached hydrogen (secondary N) is 1. The Labute approximate surface area is 181 Å². The third-order valence-electron chi connectivity index (χ3n) is 6.14. The van der Waals surface area contributed by atoms with Crippen molar-refractivity contribution in [3.05, 3.63) is 42.2 Å². The van der Waals surface area contributed by atoms with Crippen molar-refractivity contribution in [2.75, 3.05) is 41.3 Å². The molecular formula is C23H28N6O2. The van der Waals surface area contributed by atoms with E-state index < -0.39 is 0 Å². The number of aliphatic hydroxyl groups excluding tert-OH is 1. The smallest absolute Gasteiger partial charge is 0.274 e. The van der Waals surface area contributed by atoms with Crippen LogP contribution in [-0.2, 0) is 7.05 Å². The largest absolute Gasteiger partial charge is 0.391 e. The number of carbonyl (C=O) groups is 1. The number of anilines is 3. The van der Waals surface area contributed by atoms with Gasteiger partial charge in [-0.15, -0.1) is 0 Å². The molecule has 1 amide bonds. The van der Waals surface area contributed by atoms with E-state index >= 15 is 0 Å². The fourth-order valence-electron chi connectivity index (χ4n) is 4.54. The van der Waals surface area contributed by atoms with Crippen molar-refractivity contribution in [1.82, 2.24) is 14.8 Å². The van der Waals surface area contributed by atoms with Crippen molar-refractivity contribution in [3.63, 3.8) is 0 Å². The van der Waals surface area contributed by atoms with Gasteiger partial charge in [0.15, 0.2) is 0 Å². The minimum atomic E-state index is -0.337. The Morgan fingerprint density at radius 3 is 2.74 bits per heavy atom. The first-order valence-electron chi connectivity index (χ1n) is 11.0. The van der Waals surface area contributed by atoms with E-state index in [9.17, 15) is 9.90 Å². The van der Waals surface area contributed by atoms with Crippen LogP contribution in [0.15, 0.2) is 36.5 Å². The van der Waals surface area contributed by atoms with Gasteiger partial charge >= 0.3 is 0 Å². The number of aromatic nitrogens is 3. The van der Waals surface area contributed by atoms with E-state index in [1.807, 2.05) is 36.3 Å². The molecule has 0 aliphatic carbocycles. The van der Waals surface area contributed by atoms with Crippen LogP contribution in [0.4, 0.5) is 17.2 Å². The molecular weight excluding hydrogens is 392 g/mol. The molecule has 8 nitrogen and oxygen atoms in total. The number of aliphatic hydroxyl groups is 1. The van der Waals surface area contributed by atoms with Crippen LogP contribution in [0.2, 0.25) is 0 Å². The SMILES string of the molecule is Cn1cc2cc(N3CCCCC3)c(NC(=O)c3cccc(N4CC[C@H](O)C4)n3)cc2n1. The van der Waals surface area contributed by atoms with Crippen LogP contribution in [0, 0.1) is 0 Å². The number of fused-ring (bicyclic) bond motifs is 1. The Morgan fingerprint density at radius 1 is 1.13 bits per heavy atom. The molecule has 2 aliphatic rings. The van der Waals surface area contributed by atoms with Gasteiger partial charge in [-0.3, -0.25) is 9.48 Å². The first-order valence-corrected chi connectivity index (χ1v) is 11.0. The highest BCUT2D eigenvalue weighted by Crippen LogP contribution is 2.33. The van der Waals surface area contributed by atoms with Gasteiger partial charge in [0.25, 0.3) is 5.91 Å². The molecule has 4 heterocycles. The second kappa shape index (κ2) is 8.19. The maximum Gasteiger partial charge on any atom is 0.274 e. The first kappa shape index (κ1) is 19.8. The molecule has 0 unspecified atom stereocenters. The van der Waals surface area contributed by atoms with E-state index in [2.05, 4.69) is 26.4 Å². The van der Waals surface area contributed by atoms with Crippen molar-refractivity contribution in [1.29, 1.82) is 0 Å². The number of aryl methyl sites for hydroxylation is 1. The van der Waals surface area contributed by atoms with Crippen LogP contribution in [0.25, 0.3) is 10.9 Å². The summed E-state index contributed by atoms with van der Waals surface area (Å²) in [7, 11) is 1.91. The van der Waals surface area contributed by atoms with Gasteiger partial charge in [-0.25, -0.2) is 4.98 Å². The lowest BCUT2D eigenvalue weighted by Gasteiger charge is -2.30. The molecule has 2 N–H and O–H groups in total. The van der Waals surface area contributed by atoms with E-state index in [1.165, 1.54) is 6.42 Å². The number of hydrogen-bond donors (Lipinski definition) is 2. The number of nitrogens with zero attached hydrogens (tertiary/aromatic N) is 5. The summed E-state index contributed by atoms with van der Waals surface area (Å²) in [6, 6.07) is 9.53. The highest BCUT2D eigenvalue weighted by Gasteiger charge is 2.23. The van der Waals surface area contributed by atoms with Gasteiger partial charge in [0.05, 0.1) is 23.0 Å². The number of amides is 1. The van der Waals surface area contributed by atoms with Crippen LogP contribution in [0.3, 0.4) is 0 Å². The van der Waals surface area contributed by atoms with Gasteiger partial charge in [-0.2, -0.15) is 5.10 Å². The summed E-state index contributed by atoms with van der Waals surface area (Å²) in [5.41, 5.74) is 3.02. The normalized spacial score (nSPS) is 19.2. The summed E-state index contributed by atoms with van der Waals surface area (Å²) in [5, 5.41) is 18.5. The van der Waals surface area contributed by atoms with Gasteiger partial charge in [0, 0.05) is 44.8 Å². The van der Waals surface area contributed by atoms with Crippen molar-refractivity contribution in [3.8, 4) is 0 Å². The standard InChI is InChI=1S/C23H28N6O2/c1-27-14-16-12-21(28-9-3-2-4-10-28)20(13-19(16)26-27)25-23(31)18-6-5-7-22(24-18)29-11-8-17(30)15-29/h5-7,12-14,17,30H,2-4,8-11,15H2,1H3,(H,25,31)/t17-/m0/s1. The fraction of sp³-hybridized carbons (Fsp3) is 0.435. The van der Waals surface area contributed by atoms with E-state index in [0.717, 1.165) is 67.0 Å². The van der Waals surface area contributed by atoms with E-state index in [1.54, 1.807) is 10.7 Å². The number of pyridine rings is 1. The Kier molecular flexibility index (Phi) is 5.23. The van der Waals surface area contributed by atoms with Crippen LogP contribution < -0.4 is 15.1 Å². The average Bonchev–Trinajstić information content (AvgIpc) is 3.38. The van der Waals surface area contributed by atoms with Gasteiger partial charge in [-0.05, 0) is 49.9 Å². The molecule has 2 aromatic heterocycles. The molecule has 162 valence electrons. The molecule has 0 radical (unpaired) electrons. The van der Waals surface area contributed by atoms with Crippen molar-refractivity contribution < 1.29 is 9.90 Å². The summed E-state index contributed by atoms with van der Waals surface area (Å²) in [6.07, 6.45) is 5.95. The second-order valence-corrected chi connectivity index (χ2v) is 8.50. The Bertz CT molecular complexity index is 1100. The average molecular weight is 421 g/mol. The number of β-amino-alcohol motifs (C(OH)–C–C–N with tert-alkyl or cyclic N) is 1. The van der Waals surface area contributed by atoms with Crippen LogP contribution in [0.1, 0.15) is 36.2 Å². The Balaban J connectivity index is 1.44. The Morgan fingerprint density at radius 2 is 1.97 bits per heavy atom. The molecule has 0 bridgehead atoms. The third-order valence-corrected chi connectivity index (χ3v) is 6.14. The molecule has 1 atom stereocenters. The van der Waals surface area contributed by atoms with Crippen molar-refractivity contribution in [2.45, 2.75) is 31.8 Å². The number of piperidine rings is 1. The van der Waals surface area contributed by atoms with E-state index in [0.29, 0.717) is 12.2 Å². The molecule has 0 spiro atoms. The van der Waals surface area contributed by atoms with Crippen molar-refractivity contribution in [2.24, 2.45) is 7.05 Å². The Hall–Kier alpha value is -3.13. The lowest BCUT2D eigenvalue weighted by atomic mass is 10.1. The zero-order chi connectivity index (χ0) is 21.4. The van der Waals surface area contributed by atoms with Gasteiger partial charge in [0.2, 0.25) is 0 Å².